The molecule has 0 spiro atoms. The number of hydrogen-bond acceptors (Lipinski definition) is 13. The first-order chi connectivity index (χ1) is 20.1. The molecule has 0 bridgehead atoms. The molecule has 4 rings (SSSR count). The highest BCUT2D eigenvalue weighted by Crippen LogP contribution is 2.40. The van der Waals surface area contributed by atoms with Crippen molar-refractivity contribution in [3.05, 3.63) is 41.1 Å². The number of aliphatic hydroxyl groups excluding tert-OH is 3. The highest BCUT2D eigenvalue weighted by atomic mass is 32.3. The van der Waals surface area contributed by atoms with E-state index in [2.05, 4.69) is 9.50 Å². The predicted octanol–water partition coefficient (Wildman–Crippen LogP) is -2.54. The maximum Gasteiger partial charge on any atom is 0.397 e. The topological polar surface area (TPSA) is 290 Å². The van der Waals surface area contributed by atoms with Gasteiger partial charge in [0.1, 0.15) is 36.2 Å². The van der Waals surface area contributed by atoms with Gasteiger partial charge in [0.2, 0.25) is 12.0 Å². The number of carboxylic acid groups (broad SMARTS) is 3. The van der Waals surface area contributed by atoms with Crippen LogP contribution in [-0.4, -0.2) is 127 Å². The van der Waals surface area contributed by atoms with Gasteiger partial charge in [0.05, 0.1) is 19.1 Å². The zero-order chi connectivity index (χ0) is 31.8. The molecule has 1 saturated heterocycles. The van der Waals surface area contributed by atoms with Gasteiger partial charge < -0.3 is 50.5 Å². The Bertz CT molecular complexity index is 1520. The van der Waals surface area contributed by atoms with Crippen molar-refractivity contribution in [2.45, 2.75) is 55.6 Å². The third kappa shape index (κ3) is 7.10. The lowest BCUT2D eigenvalue weighted by Crippen LogP contribution is -2.60. The Morgan fingerprint density at radius 2 is 1.74 bits per heavy atom. The van der Waals surface area contributed by atoms with Crippen LogP contribution in [0.25, 0.3) is 0 Å². The molecule has 3 aliphatic heterocycles. The number of benzene rings is 1. The molecule has 0 radical (unpaired) electrons. The molecule has 3 heterocycles. The quantitative estimate of drug-likeness (QED) is 0.100. The summed E-state index contributed by atoms with van der Waals surface area (Å²) in [5.41, 5.74) is 0.413. The Kier molecular flexibility index (Phi) is 9.06. The number of nitrogens with zero attached hydrogens (tertiary/aromatic N) is 1. The van der Waals surface area contributed by atoms with Crippen LogP contribution in [0.5, 0.6) is 11.5 Å². The van der Waals surface area contributed by atoms with Gasteiger partial charge in [-0.05, 0) is 17.7 Å². The number of hydrogen-bond donors (Lipinski definition) is 9. The molecule has 0 aliphatic carbocycles. The number of carboxylic acids is 3. The van der Waals surface area contributed by atoms with E-state index in [1.807, 2.05) is 0 Å². The molecule has 9 N–H and O–H groups in total. The number of phenolic OH excluding ortho intramolecular Hbond substituents is 1. The summed E-state index contributed by atoms with van der Waals surface area (Å²) in [7, 11) is -4.94. The van der Waals surface area contributed by atoms with Crippen molar-refractivity contribution in [1.29, 1.82) is 0 Å². The zero-order valence-electron chi connectivity index (χ0n) is 21.7. The van der Waals surface area contributed by atoms with Crippen LogP contribution in [0, 0.1) is 0 Å². The number of aliphatic hydroxyl groups is 3. The Morgan fingerprint density at radius 1 is 1.05 bits per heavy atom. The molecular weight excluding hydrogens is 604 g/mol. The highest BCUT2D eigenvalue weighted by molar-refractivity contribution is 7.80. The minimum atomic E-state index is -4.94. The van der Waals surface area contributed by atoms with E-state index in [1.54, 1.807) is 0 Å². The van der Waals surface area contributed by atoms with Crippen LogP contribution in [-0.2, 0) is 40.1 Å². The second-order valence-electron chi connectivity index (χ2n) is 9.75. The smallest absolute Gasteiger partial charge is 0.397 e. The van der Waals surface area contributed by atoms with Crippen molar-refractivity contribution in [3.63, 3.8) is 0 Å². The fourth-order valence-electron chi connectivity index (χ4n) is 4.72. The summed E-state index contributed by atoms with van der Waals surface area (Å²) in [5, 5.41) is 72.1. The molecule has 0 saturated carbocycles. The molecule has 234 valence electrons. The number of carbonyl (C=O) groups is 3. The van der Waals surface area contributed by atoms with Gasteiger partial charge in [-0.15, -0.1) is 0 Å². The van der Waals surface area contributed by atoms with E-state index < -0.39 is 83.5 Å². The van der Waals surface area contributed by atoms with E-state index in [0.29, 0.717) is 5.56 Å². The van der Waals surface area contributed by atoms with E-state index in [-0.39, 0.29) is 35.5 Å². The zero-order valence-corrected chi connectivity index (χ0v) is 22.6. The first-order valence-electron chi connectivity index (χ1n) is 12.4. The first kappa shape index (κ1) is 31.8. The Labute approximate surface area is 241 Å². The van der Waals surface area contributed by atoms with Gasteiger partial charge in [-0.1, -0.05) is 0 Å². The lowest BCUT2D eigenvalue weighted by Gasteiger charge is -2.39. The van der Waals surface area contributed by atoms with Gasteiger partial charge in [-0.3, -0.25) is 4.55 Å². The number of phenols is 1. The minimum Gasteiger partial charge on any atom is -0.504 e. The Balaban J connectivity index is 1.63. The molecule has 1 aromatic carbocycles. The molecule has 19 heteroatoms. The molecule has 3 aliphatic rings. The van der Waals surface area contributed by atoms with Crippen LogP contribution in [0.4, 0.5) is 5.69 Å². The SMILES string of the molecule is O=C(O)C1=C/C(=C/C=[N+]2c3cc(O)c(OC4OC(COS(=O)(=O)O)C(O)C(O)C4O)cc3CC2C(=O)O)CC(C(=O)O)N1. The molecule has 18 nitrogen and oxygen atoms in total. The van der Waals surface area contributed by atoms with Crippen LogP contribution >= 0.6 is 0 Å². The molecule has 1 aromatic rings. The molecule has 7 unspecified atom stereocenters. The van der Waals surface area contributed by atoms with Crippen molar-refractivity contribution < 1.29 is 81.3 Å². The lowest BCUT2D eigenvalue weighted by atomic mass is 9.99. The summed E-state index contributed by atoms with van der Waals surface area (Å²) in [6, 6.07) is -0.0939. The van der Waals surface area contributed by atoms with Gasteiger partial charge in [0, 0.05) is 18.1 Å². The van der Waals surface area contributed by atoms with Gasteiger partial charge in [0.25, 0.3) is 6.04 Å². The fourth-order valence-corrected chi connectivity index (χ4v) is 5.02. The average molecular weight is 632 g/mol. The van der Waals surface area contributed by atoms with Gasteiger partial charge in [0.15, 0.2) is 17.7 Å². The predicted molar refractivity (Wildman–Crippen MR) is 137 cm³/mol. The van der Waals surface area contributed by atoms with Crippen molar-refractivity contribution in [3.8, 4) is 11.5 Å². The maximum absolute atomic E-state index is 12.0. The number of ether oxygens (including phenoxy) is 2. The average Bonchev–Trinajstić information content (AvgIpc) is 3.28. The summed E-state index contributed by atoms with van der Waals surface area (Å²) in [6.45, 7) is -0.965. The van der Waals surface area contributed by atoms with Gasteiger partial charge in [-0.2, -0.15) is 13.0 Å². The second-order valence-corrected chi connectivity index (χ2v) is 10.8. The summed E-state index contributed by atoms with van der Waals surface area (Å²) in [6.07, 6.45) is -5.48. The number of rotatable bonds is 9. The molecule has 0 amide bonds. The van der Waals surface area contributed by atoms with Crippen LogP contribution in [0.15, 0.2) is 35.6 Å². The maximum atomic E-state index is 12.0. The Hall–Kier alpha value is -4.11. The van der Waals surface area contributed by atoms with E-state index in [1.165, 1.54) is 29.0 Å². The summed E-state index contributed by atoms with van der Waals surface area (Å²) in [4.78, 5) is 34.9. The van der Waals surface area contributed by atoms with Crippen LogP contribution in [0.3, 0.4) is 0 Å². The van der Waals surface area contributed by atoms with Crippen molar-refractivity contribution >= 4 is 40.2 Å². The van der Waals surface area contributed by atoms with Crippen molar-refractivity contribution in [2.24, 2.45) is 0 Å². The number of fused-ring (bicyclic) bond motifs is 1. The fraction of sp³-hybridized carbons (Fsp3) is 0.417. The van der Waals surface area contributed by atoms with Gasteiger partial charge >= 0.3 is 28.3 Å². The summed E-state index contributed by atoms with van der Waals surface area (Å²) in [5.74, 6) is -4.89. The molecular formula is C24H27N2O16S+. The van der Waals surface area contributed by atoms with Crippen LogP contribution in [0.2, 0.25) is 0 Å². The summed E-state index contributed by atoms with van der Waals surface area (Å²) >= 11 is 0. The van der Waals surface area contributed by atoms with Crippen LogP contribution in [0.1, 0.15) is 12.0 Å². The minimum absolute atomic E-state index is 0.111. The van der Waals surface area contributed by atoms with Crippen molar-refractivity contribution in [1.82, 2.24) is 5.32 Å². The highest BCUT2D eigenvalue weighted by Gasteiger charge is 2.46. The van der Waals surface area contributed by atoms with E-state index >= 15 is 0 Å². The lowest BCUT2D eigenvalue weighted by molar-refractivity contribution is -0.456. The van der Waals surface area contributed by atoms with E-state index in [0.717, 1.165) is 6.07 Å². The number of allylic oxidation sites excluding steroid dienone is 2. The van der Waals surface area contributed by atoms with Crippen LogP contribution < -0.4 is 10.1 Å². The molecule has 43 heavy (non-hydrogen) atoms. The second kappa shape index (κ2) is 12.2. The van der Waals surface area contributed by atoms with E-state index in [9.17, 15) is 58.5 Å². The Morgan fingerprint density at radius 3 is 2.35 bits per heavy atom. The number of nitrogens with one attached hydrogen (secondary N) is 1. The number of aromatic hydroxyl groups is 1. The third-order valence-electron chi connectivity index (χ3n) is 6.84. The molecule has 7 atom stereocenters. The summed E-state index contributed by atoms with van der Waals surface area (Å²) < 4.78 is 46.7. The number of aliphatic carboxylic acids is 3. The first-order valence-corrected chi connectivity index (χ1v) is 13.8. The standard InChI is InChI=1S/C24H26N2O16S/c27-15-7-13-10(6-16(15)41-24-20(30)19(29)18(28)17(42-24)8-40-43(37,38)39)5-14(23(35)36)26(13)2-1-9-3-11(21(31)32)25-12(4-9)22(33)34/h1-3,6-7,12,14,17-20,24,28-30H,4-5,8H2,(H5,27,31,32,33,34,35,36,37,38,39)/p+1. The van der Waals surface area contributed by atoms with E-state index in [4.69, 9.17) is 14.0 Å². The molecule has 1 fully saturated rings. The van der Waals surface area contributed by atoms with Crippen molar-refractivity contribution in [2.75, 3.05) is 6.61 Å². The van der Waals surface area contributed by atoms with Gasteiger partial charge in [-0.25, -0.2) is 18.6 Å². The monoisotopic (exact) mass is 631 g/mol. The molecule has 0 aromatic heterocycles. The third-order valence-corrected chi connectivity index (χ3v) is 7.28. The normalized spacial score (nSPS) is 30.8. The largest absolute Gasteiger partial charge is 0.504 e.